The van der Waals surface area contributed by atoms with Crippen LogP contribution in [-0.2, 0) is 0 Å². The first-order valence-corrected chi connectivity index (χ1v) is 6.69. The molecule has 0 aliphatic rings. The Morgan fingerprint density at radius 1 is 1.37 bits per heavy atom. The summed E-state index contributed by atoms with van der Waals surface area (Å²) < 4.78 is 13.3. The summed E-state index contributed by atoms with van der Waals surface area (Å²) in [6.07, 6.45) is -0.0605. The van der Waals surface area contributed by atoms with Gasteiger partial charge in [0, 0.05) is 6.54 Å². The van der Waals surface area contributed by atoms with Gasteiger partial charge in [-0.15, -0.1) is 0 Å². The molecule has 0 radical (unpaired) electrons. The average molecular weight is 308 g/mol. The molecule has 0 saturated carbocycles. The van der Waals surface area contributed by atoms with Crippen LogP contribution >= 0.6 is 23.2 Å². The van der Waals surface area contributed by atoms with E-state index in [9.17, 15) is 14.3 Å². The van der Waals surface area contributed by atoms with E-state index in [2.05, 4.69) is 5.32 Å². The molecule has 2 N–H and O–H groups in total. The summed E-state index contributed by atoms with van der Waals surface area (Å²) in [4.78, 5) is 11.8. The summed E-state index contributed by atoms with van der Waals surface area (Å²) in [7, 11) is 0. The first kappa shape index (κ1) is 16.2. The van der Waals surface area contributed by atoms with Gasteiger partial charge in [0.2, 0.25) is 0 Å². The zero-order valence-corrected chi connectivity index (χ0v) is 12.2. The molecule has 3 nitrogen and oxygen atoms in total. The molecule has 0 bridgehead atoms. The molecule has 1 amide bonds. The number of hydrogen-bond donors (Lipinski definition) is 2. The van der Waals surface area contributed by atoms with Crippen LogP contribution in [0.4, 0.5) is 4.39 Å². The quantitative estimate of drug-likeness (QED) is 0.820. The number of carbonyl (C=O) groups excluding carboxylic acids is 1. The molecule has 1 rings (SSSR count). The van der Waals surface area contributed by atoms with Crippen LogP contribution in [0.1, 0.15) is 30.6 Å². The lowest BCUT2D eigenvalue weighted by Crippen LogP contribution is -2.29. The number of aliphatic hydroxyl groups excluding tert-OH is 1. The fourth-order valence-electron chi connectivity index (χ4n) is 1.46. The van der Waals surface area contributed by atoms with E-state index >= 15 is 0 Å². The zero-order chi connectivity index (χ0) is 14.6. The molecular formula is C13H16Cl2FNO2. The summed E-state index contributed by atoms with van der Waals surface area (Å²) in [5, 5.41) is 12.1. The molecule has 0 heterocycles. The van der Waals surface area contributed by atoms with Crippen molar-refractivity contribution in [1.82, 2.24) is 5.32 Å². The third kappa shape index (κ3) is 4.64. The van der Waals surface area contributed by atoms with Crippen molar-refractivity contribution in [2.45, 2.75) is 26.4 Å². The Bertz CT molecular complexity index is 466. The van der Waals surface area contributed by atoms with Crippen LogP contribution in [0.2, 0.25) is 10.0 Å². The topological polar surface area (TPSA) is 49.3 Å². The Morgan fingerprint density at radius 3 is 2.58 bits per heavy atom. The van der Waals surface area contributed by atoms with Crippen LogP contribution in [0.3, 0.4) is 0 Å². The van der Waals surface area contributed by atoms with Gasteiger partial charge in [0.1, 0.15) is 5.82 Å². The fraction of sp³-hybridized carbons (Fsp3) is 0.462. The highest BCUT2D eigenvalue weighted by atomic mass is 35.5. The predicted octanol–water partition coefficient (Wildman–Crippen LogP) is 3.27. The number of nitrogens with one attached hydrogen (secondary N) is 1. The second kappa shape index (κ2) is 7.08. The molecule has 0 saturated heterocycles. The summed E-state index contributed by atoms with van der Waals surface area (Å²) >= 11 is 11.4. The van der Waals surface area contributed by atoms with Gasteiger partial charge in [-0.25, -0.2) is 4.39 Å². The lowest BCUT2D eigenvalue weighted by molar-refractivity contribution is 0.0920. The number of benzene rings is 1. The Balaban J connectivity index is 2.62. The molecule has 1 aromatic carbocycles. The van der Waals surface area contributed by atoms with Crippen LogP contribution in [-0.4, -0.2) is 23.7 Å². The van der Waals surface area contributed by atoms with E-state index in [-0.39, 0.29) is 21.5 Å². The Morgan fingerprint density at radius 2 is 2.00 bits per heavy atom. The molecule has 0 aliphatic carbocycles. The van der Waals surface area contributed by atoms with Gasteiger partial charge >= 0.3 is 0 Å². The first-order valence-electron chi connectivity index (χ1n) is 5.93. The largest absolute Gasteiger partial charge is 0.393 e. The highest BCUT2D eigenvalue weighted by Crippen LogP contribution is 2.24. The molecule has 1 unspecified atom stereocenters. The van der Waals surface area contributed by atoms with Gasteiger partial charge in [0.05, 0.1) is 21.7 Å². The standard InChI is InChI=1S/C13H16Cl2FNO2/c1-7(2)12(18)3-4-17-13(19)8-5-11(16)10(15)6-9(8)14/h5-7,12,18H,3-4H2,1-2H3,(H,17,19). The summed E-state index contributed by atoms with van der Waals surface area (Å²) in [5.74, 6) is -1.07. The van der Waals surface area contributed by atoms with Gasteiger partial charge in [0.15, 0.2) is 0 Å². The van der Waals surface area contributed by atoms with Crippen molar-refractivity contribution < 1.29 is 14.3 Å². The molecule has 0 aliphatic heterocycles. The van der Waals surface area contributed by atoms with E-state index in [1.54, 1.807) is 0 Å². The maximum Gasteiger partial charge on any atom is 0.252 e. The third-order valence-corrected chi connectivity index (χ3v) is 3.35. The first-order chi connectivity index (χ1) is 8.82. The summed E-state index contributed by atoms with van der Waals surface area (Å²) in [5.41, 5.74) is 0.0302. The van der Waals surface area contributed by atoms with Crippen molar-refractivity contribution in [2.24, 2.45) is 5.92 Å². The van der Waals surface area contributed by atoms with Crippen molar-refractivity contribution in [2.75, 3.05) is 6.54 Å². The van der Waals surface area contributed by atoms with Gasteiger partial charge in [-0.3, -0.25) is 4.79 Å². The van der Waals surface area contributed by atoms with Crippen LogP contribution in [0.25, 0.3) is 0 Å². The molecule has 0 spiro atoms. The number of amides is 1. The van der Waals surface area contributed by atoms with Crippen LogP contribution in [0.15, 0.2) is 12.1 Å². The summed E-state index contributed by atoms with van der Waals surface area (Å²) in [6.45, 7) is 4.06. The maximum absolute atomic E-state index is 13.3. The van der Waals surface area contributed by atoms with Gasteiger partial charge in [-0.1, -0.05) is 37.0 Å². The lowest BCUT2D eigenvalue weighted by Gasteiger charge is -2.14. The van der Waals surface area contributed by atoms with Crippen molar-refractivity contribution in [3.63, 3.8) is 0 Å². The molecule has 106 valence electrons. The molecule has 1 aromatic rings. The highest BCUT2D eigenvalue weighted by molar-refractivity contribution is 6.36. The van der Waals surface area contributed by atoms with Gasteiger partial charge < -0.3 is 10.4 Å². The van der Waals surface area contributed by atoms with Crippen molar-refractivity contribution >= 4 is 29.1 Å². The fourth-order valence-corrected chi connectivity index (χ4v) is 1.93. The molecule has 6 heteroatoms. The number of rotatable bonds is 5. The Kier molecular flexibility index (Phi) is 6.04. The minimum atomic E-state index is -0.696. The van der Waals surface area contributed by atoms with E-state index in [1.165, 1.54) is 6.07 Å². The lowest BCUT2D eigenvalue weighted by atomic mass is 10.0. The predicted molar refractivity (Wildman–Crippen MR) is 74.2 cm³/mol. The molecule has 1 atom stereocenters. The summed E-state index contributed by atoms with van der Waals surface area (Å²) in [6, 6.07) is 2.19. The molecule has 19 heavy (non-hydrogen) atoms. The minimum absolute atomic E-state index is 0.0302. The minimum Gasteiger partial charge on any atom is -0.393 e. The van der Waals surface area contributed by atoms with E-state index in [0.717, 1.165) is 6.07 Å². The van der Waals surface area contributed by atoms with E-state index < -0.39 is 17.8 Å². The van der Waals surface area contributed by atoms with Crippen molar-refractivity contribution in [1.29, 1.82) is 0 Å². The number of hydrogen-bond acceptors (Lipinski definition) is 2. The smallest absolute Gasteiger partial charge is 0.252 e. The van der Waals surface area contributed by atoms with E-state index in [0.29, 0.717) is 13.0 Å². The van der Waals surface area contributed by atoms with Gasteiger partial charge in [-0.05, 0) is 24.5 Å². The Hall–Kier alpha value is -0.840. The third-order valence-electron chi connectivity index (χ3n) is 2.75. The SMILES string of the molecule is CC(C)C(O)CCNC(=O)c1cc(F)c(Cl)cc1Cl. The monoisotopic (exact) mass is 307 g/mol. The van der Waals surface area contributed by atoms with Crippen LogP contribution < -0.4 is 5.32 Å². The molecule has 0 fully saturated rings. The van der Waals surface area contributed by atoms with Gasteiger partial charge in [0.25, 0.3) is 5.91 Å². The highest BCUT2D eigenvalue weighted by Gasteiger charge is 2.15. The second-order valence-corrected chi connectivity index (χ2v) is 5.42. The molecule has 0 aromatic heterocycles. The van der Waals surface area contributed by atoms with Gasteiger partial charge in [-0.2, -0.15) is 0 Å². The second-order valence-electron chi connectivity index (χ2n) is 4.60. The van der Waals surface area contributed by atoms with Crippen molar-refractivity contribution in [3.05, 3.63) is 33.6 Å². The van der Waals surface area contributed by atoms with E-state index in [1.807, 2.05) is 13.8 Å². The Labute approximate surface area is 121 Å². The number of aliphatic hydroxyl groups is 1. The maximum atomic E-state index is 13.3. The zero-order valence-electron chi connectivity index (χ0n) is 10.7. The molecular weight excluding hydrogens is 292 g/mol. The van der Waals surface area contributed by atoms with Crippen LogP contribution in [0.5, 0.6) is 0 Å². The normalized spacial score (nSPS) is 12.6. The number of carbonyl (C=O) groups is 1. The van der Waals surface area contributed by atoms with Crippen molar-refractivity contribution in [3.8, 4) is 0 Å². The van der Waals surface area contributed by atoms with Crippen LogP contribution in [0, 0.1) is 11.7 Å². The number of halogens is 3. The average Bonchev–Trinajstić information content (AvgIpc) is 2.33. The van der Waals surface area contributed by atoms with E-state index in [4.69, 9.17) is 23.2 Å².